The molecule has 1 aromatic heterocycles. The van der Waals surface area contributed by atoms with E-state index >= 15 is 0 Å². The van der Waals surface area contributed by atoms with Crippen LogP contribution >= 0.6 is 0 Å². The van der Waals surface area contributed by atoms with E-state index in [0.717, 1.165) is 0 Å². The third kappa shape index (κ3) is 4.45. The lowest BCUT2D eigenvalue weighted by atomic mass is 10.1. The number of benzene rings is 1. The van der Waals surface area contributed by atoms with E-state index in [4.69, 9.17) is 9.47 Å². The maximum Gasteiger partial charge on any atom is 0.471 e. The molecule has 10 heteroatoms. The topological polar surface area (TPSA) is 77.7 Å². The van der Waals surface area contributed by atoms with Gasteiger partial charge < -0.3 is 18.9 Å². The molecule has 1 aliphatic rings. The maximum absolute atomic E-state index is 12.8. The Labute approximate surface area is 153 Å². The summed E-state index contributed by atoms with van der Waals surface area (Å²) < 4.78 is 52.4. The second-order valence-electron chi connectivity index (χ2n) is 6.01. The number of hydrogen-bond donors (Lipinski definition) is 0. The first-order chi connectivity index (χ1) is 12.9. The van der Waals surface area contributed by atoms with Crippen LogP contribution in [0.5, 0.6) is 0 Å². The minimum absolute atomic E-state index is 0.0857. The summed E-state index contributed by atoms with van der Waals surface area (Å²) in [7, 11) is 1.59. The number of aromatic nitrogens is 2. The van der Waals surface area contributed by atoms with Gasteiger partial charge in [-0.05, 0) is 18.6 Å². The van der Waals surface area contributed by atoms with Crippen molar-refractivity contribution in [2.75, 3.05) is 33.5 Å². The molecule has 1 aromatic carbocycles. The monoisotopic (exact) mass is 385 g/mol. The SMILES string of the molecule is COCCC1COCCN1C(=O)c1ccc(-c2noc(C(F)(F)F)n2)cc1. The Morgan fingerprint density at radius 2 is 2.07 bits per heavy atom. The fourth-order valence-electron chi connectivity index (χ4n) is 2.80. The van der Waals surface area contributed by atoms with Crippen LogP contribution in [0.2, 0.25) is 0 Å². The van der Waals surface area contributed by atoms with E-state index in [1.54, 1.807) is 12.0 Å². The molecular weight excluding hydrogens is 367 g/mol. The molecule has 1 amide bonds. The van der Waals surface area contributed by atoms with Crippen molar-refractivity contribution in [3.05, 3.63) is 35.7 Å². The number of ether oxygens (including phenoxy) is 2. The maximum atomic E-state index is 12.8. The van der Waals surface area contributed by atoms with Gasteiger partial charge >= 0.3 is 12.1 Å². The molecule has 2 aromatic rings. The van der Waals surface area contributed by atoms with E-state index in [9.17, 15) is 18.0 Å². The number of carbonyl (C=O) groups is 1. The molecule has 1 unspecified atom stereocenters. The zero-order chi connectivity index (χ0) is 19.4. The average molecular weight is 385 g/mol. The molecule has 1 fully saturated rings. The highest BCUT2D eigenvalue weighted by molar-refractivity contribution is 5.95. The van der Waals surface area contributed by atoms with Crippen LogP contribution in [0.4, 0.5) is 13.2 Å². The largest absolute Gasteiger partial charge is 0.471 e. The number of morpholine rings is 1. The first-order valence-corrected chi connectivity index (χ1v) is 8.29. The van der Waals surface area contributed by atoms with Crippen LogP contribution in [0, 0.1) is 0 Å². The number of carbonyl (C=O) groups excluding carboxylic acids is 1. The minimum Gasteiger partial charge on any atom is -0.385 e. The van der Waals surface area contributed by atoms with Gasteiger partial charge in [0.1, 0.15) is 0 Å². The molecule has 27 heavy (non-hydrogen) atoms. The van der Waals surface area contributed by atoms with Gasteiger partial charge in [-0.25, -0.2) is 0 Å². The number of halogens is 3. The van der Waals surface area contributed by atoms with Crippen LogP contribution in [-0.2, 0) is 15.7 Å². The molecule has 0 spiro atoms. The van der Waals surface area contributed by atoms with Gasteiger partial charge in [-0.15, -0.1) is 0 Å². The minimum atomic E-state index is -4.70. The summed E-state index contributed by atoms with van der Waals surface area (Å²) in [4.78, 5) is 17.9. The number of nitrogens with zero attached hydrogens (tertiary/aromatic N) is 3. The molecule has 7 nitrogen and oxygen atoms in total. The van der Waals surface area contributed by atoms with Gasteiger partial charge in [0.25, 0.3) is 5.91 Å². The molecule has 3 rings (SSSR count). The van der Waals surface area contributed by atoms with Crippen molar-refractivity contribution >= 4 is 5.91 Å². The summed E-state index contributed by atoms with van der Waals surface area (Å²) in [6, 6.07) is 5.96. The Bertz CT molecular complexity index is 776. The standard InChI is InChI=1S/C17H18F3N3O4/c1-25-8-6-13-10-26-9-7-23(13)15(24)12-4-2-11(3-5-12)14-21-16(27-22-14)17(18,19)20/h2-5,13H,6-10H2,1H3. The van der Waals surface area contributed by atoms with Crippen LogP contribution in [0.15, 0.2) is 28.8 Å². The number of alkyl halides is 3. The third-order valence-corrected chi connectivity index (χ3v) is 4.20. The van der Waals surface area contributed by atoms with E-state index in [0.29, 0.717) is 43.9 Å². The molecule has 0 aliphatic carbocycles. The number of hydrogen-bond acceptors (Lipinski definition) is 6. The van der Waals surface area contributed by atoms with Gasteiger partial charge in [-0.2, -0.15) is 18.2 Å². The van der Waals surface area contributed by atoms with Crippen LogP contribution in [0.3, 0.4) is 0 Å². The lowest BCUT2D eigenvalue weighted by Gasteiger charge is -2.35. The number of methoxy groups -OCH3 is 1. The van der Waals surface area contributed by atoms with Gasteiger partial charge in [0.15, 0.2) is 0 Å². The van der Waals surface area contributed by atoms with E-state index in [2.05, 4.69) is 14.7 Å². The zero-order valence-electron chi connectivity index (χ0n) is 14.5. The smallest absolute Gasteiger partial charge is 0.385 e. The molecule has 0 N–H and O–H groups in total. The lowest BCUT2D eigenvalue weighted by molar-refractivity contribution is -0.159. The molecular formula is C17H18F3N3O4. The molecule has 0 radical (unpaired) electrons. The molecule has 1 aliphatic heterocycles. The predicted octanol–water partition coefficient (Wildman–Crippen LogP) is 2.63. The highest BCUT2D eigenvalue weighted by atomic mass is 19.4. The van der Waals surface area contributed by atoms with E-state index < -0.39 is 12.1 Å². The van der Waals surface area contributed by atoms with E-state index in [1.165, 1.54) is 24.3 Å². The average Bonchev–Trinajstić information content (AvgIpc) is 3.17. The molecule has 1 saturated heterocycles. The predicted molar refractivity (Wildman–Crippen MR) is 86.9 cm³/mol. The fraction of sp³-hybridized carbons (Fsp3) is 0.471. The summed E-state index contributed by atoms with van der Waals surface area (Å²) in [6.07, 6.45) is -4.04. The van der Waals surface area contributed by atoms with Crippen molar-refractivity contribution in [3.8, 4) is 11.4 Å². The quantitative estimate of drug-likeness (QED) is 0.788. The van der Waals surface area contributed by atoms with Crippen molar-refractivity contribution in [1.29, 1.82) is 0 Å². The van der Waals surface area contributed by atoms with E-state index in [-0.39, 0.29) is 17.8 Å². The highest BCUT2D eigenvalue weighted by Crippen LogP contribution is 2.29. The van der Waals surface area contributed by atoms with Crippen molar-refractivity contribution < 1.29 is 32.0 Å². The summed E-state index contributed by atoms with van der Waals surface area (Å²) in [5.41, 5.74) is 0.742. The summed E-state index contributed by atoms with van der Waals surface area (Å²) in [5.74, 6) is -1.77. The molecule has 0 saturated carbocycles. The number of amides is 1. The van der Waals surface area contributed by atoms with Crippen molar-refractivity contribution in [2.45, 2.75) is 18.6 Å². The molecule has 146 valence electrons. The Hall–Kier alpha value is -2.46. The van der Waals surface area contributed by atoms with Gasteiger partial charge in [0.05, 0.1) is 19.3 Å². The van der Waals surface area contributed by atoms with Gasteiger partial charge in [0, 0.05) is 31.4 Å². The number of rotatable bonds is 5. The Balaban J connectivity index is 1.74. The van der Waals surface area contributed by atoms with Crippen LogP contribution in [0.1, 0.15) is 22.7 Å². The Morgan fingerprint density at radius 1 is 1.33 bits per heavy atom. The second kappa shape index (κ2) is 8.05. The fourth-order valence-corrected chi connectivity index (χ4v) is 2.80. The summed E-state index contributed by atoms with van der Waals surface area (Å²) in [6.45, 7) is 1.87. The van der Waals surface area contributed by atoms with Crippen LogP contribution in [0.25, 0.3) is 11.4 Å². The molecule has 2 heterocycles. The van der Waals surface area contributed by atoms with Crippen LogP contribution < -0.4 is 0 Å². The summed E-state index contributed by atoms with van der Waals surface area (Å²) >= 11 is 0. The Kier molecular flexibility index (Phi) is 5.76. The lowest BCUT2D eigenvalue weighted by Crippen LogP contribution is -2.49. The van der Waals surface area contributed by atoms with Gasteiger partial charge in [-0.1, -0.05) is 17.3 Å². The Morgan fingerprint density at radius 3 is 2.70 bits per heavy atom. The normalized spacial score (nSPS) is 17.9. The van der Waals surface area contributed by atoms with Gasteiger partial charge in [0.2, 0.25) is 5.82 Å². The van der Waals surface area contributed by atoms with Crippen LogP contribution in [-0.4, -0.2) is 60.5 Å². The first kappa shape index (κ1) is 19.3. The van der Waals surface area contributed by atoms with Crippen molar-refractivity contribution in [3.63, 3.8) is 0 Å². The molecule has 0 bridgehead atoms. The van der Waals surface area contributed by atoms with Crippen molar-refractivity contribution in [1.82, 2.24) is 15.0 Å². The zero-order valence-corrected chi connectivity index (χ0v) is 14.5. The second-order valence-corrected chi connectivity index (χ2v) is 6.01. The van der Waals surface area contributed by atoms with Crippen molar-refractivity contribution in [2.24, 2.45) is 0 Å². The first-order valence-electron chi connectivity index (χ1n) is 8.29. The molecule has 1 atom stereocenters. The highest BCUT2D eigenvalue weighted by Gasteiger charge is 2.38. The van der Waals surface area contributed by atoms with Gasteiger partial charge in [-0.3, -0.25) is 4.79 Å². The summed E-state index contributed by atoms with van der Waals surface area (Å²) in [5, 5.41) is 3.33. The van der Waals surface area contributed by atoms with E-state index in [1.807, 2.05) is 0 Å². The third-order valence-electron chi connectivity index (χ3n) is 4.20.